The van der Waals surface area contributed by atoms with E-state index in [-0.39, 0.29) is 5.41 Å². The van der Waals surface area contributed by atoms with Gasteiger partial charge in [0.2, 0.25) is 0 Å². The van der Waals surface area contributed by atoms with Gasteiger partial charge in [-0.3, -0.25) is 0 Å². The van der Waals surface area contributed by atoms with Gasteiger partial charge < -0.3 is 9.47 Å². The molecule has 0 rings (SSSR count). The maximum absolute atomic E-state index is 5.79. The van der Waals surface area contributed by atoms with Crippen LogP contribution in [0.25, 0.3) is 0 Å². The third-order valence-electron chi connectivity index (χ3n) is 4.49. The molecule has 0 bridgehead atoms. The summed E-state index contributed by atoms with van der Waals surface area (Å²) in [6, 6.07) is 0. The van der Waals surface area contributed by atoms with Gasteiger partial charge in [0.1, 0.15) is 0 Å². The van der Waals surface area contributed by atoms with Crippen LogP contribution >= 0.6 is 0 Å². The van der Waals surface area contributed by atoms with Crippen molar-refractivity contribution in [2.75, 3.05) is 19.8 Å². The van der Waals surface area contributed by atoms with E-state index in [1.807, 2.05) is 6.08 Å². The van der Waals surface area contributed by atoms with E-state index < -0.39 is 0 Å². The summed E-state index contributed by atoms with van der Waals surface area (Å²) in [7, 11) is 0. The Bertz CT molecular complexity index is 275. The van der Waals surface area contributed by atoms with Gasteiger partial charge in [-0.1, -0.05) is 84.3 Å². The average molecular weight is 325 g/mol. The van der Waals surface area contributed by atoms with Crippen LogP contribution in [0.3, 0.4) is 0 Å². The normalized spacial score (nSPS) is 13.5. The fourth-order valence-electron chi connectivity index (χ4n) is 3.21. The lowest BCUT2D eigenvalue weighted by atomic mass is 9.80. The molecule has 0 fully saturated rings. The lowest BCUT2D eigenvalue weighted by Crippen LogP contribution is -2.32. The van der Waals surface area contributed by atoms with Gasteiger partial charge in [0, 0.05) is 5.41 Å². The molecule has 2 heteroatoms. The fraction of sp³-hybridized carbons (Fsp3) is 0.810. The number of rotatable bonds is 18. The second-order valence-corrected chi connectivity index (χ2v) is 6.76. The van der Waals surface area contributed by atoms with E-state index in [1.165, 1.54) is 57.8 Å². The molecule has 2 nitrogen and oxygen atoms in total. The van der Waals surface area contributed by atoms with Crippen molar-refractivity contribution in [1.82, 2.24) is 0 Å². The Morgan fingerprint density at radius 3 is 2.00 bits per heavy atom. The number of unbranched alkanes of at least 4 members (excludes halogenated alkanes) is 7. The highest BCUT2D eigenvalue weighted by molar-refractivity contribution is 4.80. The highest BCUT2D eigenvalue weighted by Gasteiger charge is 2.29. The highest BCUT2D eigenvalue weighted by atomic mass is 16.5. The van der Waals surface area contributed by atoms with Crippen LogP contribution in [0.5, 0.6) is 0 Å². The lowest BCUT2D eigenvalue weighted by Gasteiger charge is -2.33. The maximum Gasteiger partial charge on any atom is 0.0951 e. The lowest BCUT2D eigenvalue weighted by molar-refractivity contribution is -0.00204. The maximum atomic E-state index is 5.79. The summed E-state index contributed by atoms with van der Waals surface area (Å²) in [6.45, 7) is 14.0. The van der Waals surface area contributed by atoms with Gasteiger partial charge in [-0.05, 0) is 12.8 Å². The molecule has 1 unspecified atom stereocenters. The van der Waals surface area contributed by atoms with Crippen molar-refractivity contribution >= 4 is 0 Å². The summed E-state index contributed by atoms with van der Waals surface area (Å²) < 4.78 is 11.4. The predicted octanol–water partition coefficient (Wildman–Crippen LogP) is 6.67. The molecule has 136 valence electrons. The van der Waals surface area contributed by atoms with E-state index in [9.17, 15) is 0 Å². The third kappa shape index (κ3) is 12.3. The van der Waals surface area contributed by atoms with Crippen LogP contribution in [0.2, 0.25) is 0 Å². The van der Waals surface area contributed by atoms with E-state index in [0.29, 0.717) is 6.61 Å². The van der Waals surface area contributed by atoms with Crippen molar-refractivity contribution in [3.63, 3.8) is 0 Å². The van der Waals surface area contributed by atoms with E-state index in [2.05, 4.69) is 27.0 Å². The molecule has 0 aromatic rings. The first kappa shape index (κ1) is 22.2. The molecule has 1 atom stereocenters. The minimum Gasteiger partial charge on any atom is -0.501 e. The van der Waals surface area contributed by atoms with Crippen molar-refractivity contribution in [3.05, 3.63) is 25.5 Å². The van der Waals surface area contributed by atoms with Gasteiger partial charge in [-0.15, -0.1) is 6.58 Å². The average Bonchev–Trinajstić information content (AvgIpc) is 2.56. The van der Waals surface area contributed by atoms with Gasteiger partial charge in [-0.25, -0.2) is 0 Å². The predicted molar refractivity (Wildman–Crippen MR) is 102 cm³/mol. The van der Waals surface area contributed by atoms with Crippen LogP contribution in [0.4, 0.5) is 0 Å². The summed E-state index contributed by atoms with van der Waals surface area (Å²) in [5.41, 5.74) is 0.133. The first-order chi connectivity index (χ1) is 11.2. The summed E-state index contributed by atoms with van der Waals surface area (Å²) in [5.74, 6) is 0. The van der Waals surface area contributed by atoms with Crippen LogP contribution in [0.15, 0.2) is 25.5 Å². The Balaban J connectivity index is 4.15. The molecular weight excluding hydrogens is 284 g/mol. The summed E-state index contributed by atoms with van der Waals surface area (Å²) in [4.78, 5) is 0. The van der Waals surface area contributed by atoms with Gasteiger partial charge in [0.05, 0.1) is 26.1 Å². The molecule has 0 aromatic carbocycles. The van der Waals surface area contributed by atoms with E-state index in [4.69, 9.17) is 9.47 Å². The minimum atomic E-state index is 0.133. The second kappa shape index (κ2) is 16.1. The smallest absolute Gasteiger partial charge is 0.0951 e. The molecular formula is C21H40O2. The quantitative estimate of drug-likeness (QED) is 0.159. The third-order valence-corrected chi connectivity index (χ3v) is 4.49. The van der Waals surface area contributed by atoms with Gasteiger partial charge in [0.15, 0.2) is 0 Å². The molecule has 0 heterocycles. The number of hydrogen-bond acceptors (Lipinski definition) is 2. The van der Waals surface area contributed by atoms with E-state index >= 15 is 0 Å². The SMILES string of the molecule is C=CCOCC(CCC)(CCCCCCCCCC)COC=C. The molecule has 0 aromatic heterocycles. The second-order valence-electron chi connectivity index (χ2n) is 6.76. The van der Waals surface area contributed by atoms with E-state index in [0.717, 1.165) is 26.1 Å². The zero-order valence-electron chi connectivity index (χ0n) is 15.8. The zero-order chi connectivity index (χ0) is 17.2. The Morgan fingerprint density at radius 2 is 1.43 bits per heavy atom. The summed E-state index contributed by atoms with van der Waals surface area (Å²) >= 11 is 0. The van der Waals surface area contributed by atoms with Crippen LogP contribution in [-0.2, 0) is 9.47 Å². The van der Waals surface area contributed by atoms with Crippen LogP contribution in [0, 0.1) is 5.41 Å². The van der Waals surface area contributed by atoms with Crippen molar-refractivity contribution in [1.29, 1.82) is 0 Å². The van der Waals surface area contributed by atoms with Crippen LogP contribution in [-0.4, -0.2) is 19.8 Å². The van der Waals surface area contributed by atoms with Crippen molar-refractivity contribution in [2.24, 2.45) is 5.41 Å². The minimum absolute atomic E-state index is 0.133. The van der Waals surface area contributed by atoms with Crippen molar-refractivity contribution in [2.45, 2.75) is 84.5 Å². The van der Waals surface area contributed by atoms with Gasteiger partial charge in [0.25, 0.3) is 0 Å². The number of hydrogen-bond donors (Lipinski definition) is 0. The molecule has 0 saturated carbocycles. The monoisotopic (exact) mass is 324 g/mol. The molecule has 0 amide bonds. The standard InChI is InChI=1S/C21H40O2/c1-5-9-10-11-12-13-14-15-17-21(16-6-2,19-22-8-4)20-23-18-7-3/h7-8H,3-6,9-20H2,1-2H3. The fourth-order valence-corrected chi connectivity index (χ4v) is 3.21. The van der Waals surface area contributed by atoms with E-state index in [1.54, 1.807) is 6.26 Å². The van der Waals surface area contributed by atoms with Crippen molar-refractivity contribution in [3.8, 4) is 0 Å². The molecule has 0 radical (unpaired) electrons. The highest BCUT2D eigenvalue weighted by Crippen LogP contribution is 2.32. The Hall–Kier alpha value is -0.760. The van der Waals surface area contributed by atoms with Crippen molar-refractivity contribution < 1.29 is 9.47 Å². The van der Waals surface area contributed by atoms with Gasteiger partial charge >= 0.3 is 0 Å². The molecule has 0 spiro atoms. The Labute approximate surface area is 145 Å². The molecule has 0 aliphatic rings. The Kier molecular flexibility index (Phi) is 15.6. The topological polar surface area (TPSA) is 18.5 Å². The Morgan fingerprint density at radius 1 is 0.783 bits per heavy atom. The summed E-state index contributed by atoms with van der Waals surface area (Å²) in [5, 5.41) is 0. The molecule has 0 aliphatic carbocycles. The first-order valence-corrected chi connectivity index (χ1v) is 9.65. The van der Waals surface area contributed by atoms with Gasteiger partial charge in [-0.2, -0.15) is 0 Å². The molecule has 0 aliphatic heterocycles. The first-order valence-electron chi connectivity index (χ1n) is 9.65. The molecule has 23 heavy (non-hydrogen) atoms. The molecule has 0 N–H and O–H groups in total. The zero-order valence-corrected chi connectivity index (χ0v) is 15.8. The van der Waals surface area contributed by atoms with Crippen LogP contribution in [0.1, 0.15) is 84.5 Å². The largest absolute Gasteiger partial charge is 0.501 e. The summed E-state index contributed by atoms with van der Waals surface area (Å²) in [6.07, 6.45) is 17.7. The number of ether oxygens (including phenoxy) is 2. The molecule has 0 saturated heterocycles. The van der Waals surface area contributed by atoms with Crippen LogP contribution < -0.4 is 0 Å².